The first-order valence-electron chi connectivity index (χ1n) is 7.26. The van der Waals surface area contributed by atoms with Crippen LogP contribution in [-0.2, 0) is 25.0 Å². The Balaban J connectivity index is 2.36. The number of hydrogen-bond donors (Lipinski definition) is 0. The molecule has 0 bridgehead atoms. The van der Waals surface area contributed by atoms with Crippen molar-refractivity contribution in [3.63, 3.8) is 0 Å². The van der Waals surface area contributed by atoms with Crippen LogP contribution < -0.4 is 0 Å². The van der Waals surface area contributed by atoms with Crippen molar-refractivity contribution < 1.29 is 8.37 Å². The molecule has 2 aliphatic heterocycles. The van der Waals surface area contributed by atoms with Gasteiger partial charge in [0.25, 0.3) is 0 Å². The molecular weight excluding hydrogens is 268 g/mol. The van der Waals surface area contributed by atoms with Crippen LogP contribution in [0.5, 0.6) is 0 Å². The van der Waals surface area contributed by atoms with Crippen LogP contribution in [0.15, 0.2) is 17.0 Å². The van der Waals surface area contributed by atoms with Gasteiger partial charge in [-0.1, -0.05) is 32.9 Å². The van der Waals surface area contributed by atoms with Crippen LogP contribution in [0.2, 0.25) is 0 Å². The lowest BCUT2D eigenvalue weighted by molar-refractivity contribution is 0.0739. The van der Waals surface area contributed by atoms with Gasteiger partial charge in [-0.05, 0) is 38.7 Å². The predicted octanol–water partition coefficient (Wildman–Crippen LogP) is 5.14. The quantitative estimate of drug-likeness (QED) is 0.659. The predicted molar refractivity (Wildman–Crippen MR) is 85.1 cm³/mol. The van der Waals surface area contributed by atoms with Crippen LogP contribution >= 0.6 is 10.6 Å². The Morgan fingerprint density at radius 2 is 1.30 bits per heavy atom. The van der Waals surface area contributed by atoms with E-state index >= 15 is 0 Å². The molecule has 0 unspecified atom stereocenters. The molecule has 1 aromatic rings. The molecule has 1 aromatic carbocycles. The Morgan fingerprint density at radius 1 is 0.900 bits per heavy atom. The zero-order valence-corrected chi connectivity index (χ0v) is 14.7. The van der Waals surface area contributed by atoms with Crippen LogP contribution in [0.25, 0.3) is 0 Å². The van der Waals surface area contributed by atoms with Gasteiger partial charge in [0, 0.05) is 17.4 Å². The van der Waals surface area contributed by atoms with E-state index in [2.05, 4.69) is 66.9 Å². The zero-order chi connectivity index (χ0) is 15.1. The smallest absolute Gasteiger partial charge is 0.114 e. The summed E-state index contributed by atoms with van der Waals surface area (Å²) in [6, 6.07) is 4.67. The molecule has 20 heavy (non-hydrogen) atoms. The summed E-state index contributed by atoms with van der Waals surface area (Å²) in [5, 5.41) is 0. The first-order chi connectivity index (χ1) is 8.87. The molecule has 2 aliphatic rings. The highest BCUT2D eigenvalue weighted by Gasteiger charge is 2.53. The lowest BCUT2D eigenvalue weighted by atomic mass is 9.80. The lowest BCUT2D eigenvalue weighted by Gasteiger charge is -2.37. The summed E-state index contributed by atoms with van der Waals surface area (Å²) >= 11 is 0. The van der Waals surface area contributed by atoms with Crippen molar-refractivity contribution >= 4 is 10.6 Å². The van der Waals surface area contributed by atoms with Gasteiger partial charge in [0.1, 0.15) is 11.2 Å². The maximum absolute atomic E-state index is 6.37. The molecule has 0 aliphatic carbocycles. The molecule has 0 fully saturated rings. The first kappa shape index (κ1) is 14.4. The van der Waals surface area contributed by atoms with Crippen molar-refractivity contribution in [3.8, 4) is 0 Å². The van der Waals surface area contributed by atoms with Crippen molar-refractivity contribution in [1.29, 1.82) is 0 Å². The van der Waals surface area contributed by atoms with Crippen molar-refractivity contribution in [2.45, 2.75) is 70.0 Å². The second-order valence-corrected chi connectivity index (χ2v) is 10.4. The molecule has 0 amide bonds. The van der Waals surface area contributed by atoms with Crippen LogP contribution in [-0.4, -0.2) is 6.26 Å². The van der Waals surface area contributed by atoms with Gasteiger partial charge in [0.2, 0.25) is 0 Å². The fourth-order valence-corrected chi connectivity index (χ4v) is 6.72. The Kier molecular flexibility index (Phi) is 2.62. The third-order valence-electron chi connectivity index (χ3n) is 4.36. The van der Waals surface area contributed by atoms with E-state index in [4.69, 9.17) is 8.37 Å². The summed E-state index contributed by atoms with van der Waals surface area (Å²) in [5.41, 5.74) is 3.63. The van der Waals surface area contributed by atoms with Crippen LogP contribution in [0.3, 0.4) is 0 Å². The standard InChI is InChI=1S/C17H26O2S/c1-15(2,3)11-9-12-14-13(10-11)17(6,7)19-20(14,8)18-16(12,4)5/h9-10H,1-8H3. The molecule has 2 nitrogen and oxygen atoms in total. The molecular formula is C17H26O2S. The minimum Gasteiger partial charge on any atom is -0.269 e. The van der Waals surface area contributed by atoms with E-state index in [0.717, 1.165) is 0 Å². The summed E-state index contributed by atoms with van der Waals surface area (Å²) in [6.07, 6.45) is 2.13. The molecule has 0 spiro atoms. The molecule has 0 saturated heterocycles. The second-order valence-electron chi connectivity index (χ2n) is 8.11. The minimum atomic E-state index is -1.59. The topological polar surface area (TPSA) is 18.5 Å². The van der Waals surface area contributed by atoms with Gasteiger partial charge in [-0.3, -0.25) is 8.37 Å². The van der Waals surface area contributed by atoms with Crippen molar-refractivity contribution in [2.24, 2.45) is 0 Å². The van der Waals surface area contributed by atoms with Gasteiger partial charge < -0.3 is 0 Å². The first-order valence-corrected chi connectivity index (χ1v) is 9.15. The molecule has 3 heteroatoms. The van der Waals surface area contributed by atoms with Gasteiger partial charge in [-0.25, -0.2) is 0 Å². The highest BCUT2D eigenvalue weighted by molar-refractivity contribution is 8.25. The number of hydrogen-bond acceptors (Lipinski definition) is 2. The molecule has 0 radical (unpaired) electrons. The Labute approximate surface area is 124 Å². The van der Waals surface area contributed by atoms with Crippen molar-refractivity contribution in [2.75, 3.05) is 6.26 Å². The van der Waals surface area contributed by atoms with Crippen LogP contribution in [0, 0.1) is 0 Å². The van der Waals surface area contributed by atoms with E-state index in [1.807, 2.05) is 0 Å². The van der Waals surface area contributed by atoms with Gasteiger partial charge in [-0.15, -0.1) is 0 Å². The van der Waals surface area contributed by atoms with E-state index in [0.29, 0.717) is 0 Å². The molecule has 3 rings (SSSR count). The third kappa shape index (κ3) is 1.79. The average molecular weight is 294 g/mol. The van der Waals surface area contributed by atoms with E-state index in [9.17, 15) is 0 Å². The Hall–Kier alpha value is -0.510. The van der Waals surface area contributed by atoms with E-state index < -0.39 is 10.6 Å². The van der Waals surface area contributed by atoms with Gasteiger partial charge in [0.05, 0.1) is 4.90 Å². The van der Waals surface area contributed by atoms with E-state index in [1.54, 1.807) is 0 Å². The summed E-state index contributed by atoms with van der Waals surface area (Å²) in [6.45, 7) is 15.4. The maximum Gasteiger partial charge on any atom is 0.114 e. The normalized spacial score (nSPS) is 26.4. The molecule has 2 heterocycles. The monoisotopic (exact) mass is 294 g/mol. The fourth-order valence-electron chi connectivity index (χ4n) is 3.34. The van der Waals surface area contributed by atoms with Crippen LogP contribution in [0.4, 0.5) is 0 Å². The largest absolute Gasteiger partial charge is 0.269 e. The summed E-state index contributed by atoms with van der Waals surface area (Å²) in [7, 11) is -1.59. The number of rotatable bonds is 0. The highest BCUT2D eigenvalue weighted by Crippen LogP contribution is 2.75. The minimum absolute atomic E-state index is 0.134. The summed E-state index contributed by atoms with van der Waals surface area (Å²) in [5.74, 6) is 0. The second kappa shape index (κ2) is 3.63. The molecule has 112 valence electrons. The van der Waals surface area contributed by atoms with E-state index in [-0.39, 0.29) is 16.6 Å². The maximum atomic E-state index is 6.37. The lowest BCUT2D eigenvalue weighted by Crippen LogP contribution is -2.24. The third-order valence-corrected chi connectivity index (χ3v) is 7.01. The summed E-state index contributed by atoms with van der Waals surface area (Å²) in [4.78, 5) is 1.33. The molecule has 0 saturated carbocycles. The van der Waals surface area contributed by atoms with Gasteiger partial charge >= 0.3 is 0 Å². The van der Waals surface area contributed by atoms with E-state index in [1.165, 1.54) is 21.6 Å². The summed E-state index contributed by atoms with van der Waals surface area (Å²) < 4.78 is 12.7. The van der Waals surface area contributed by atoms with Gasteiger partial charge in [-0.2, -0.15) is 10.6 Å². The number of benzene rings is 1. The fraction of sp³-hybridized carbons (Fsp3) is 0.647. The zero-order valence-electron chi connectivity index (χ0n) is 13.9. The molecule has 0 N–H and O–H groups in total. The Bertz CT molecular complexity index is 554. The molecule has 0 aromatic heterocycles. The SMILES string of the molecule is CC(C)(C)c1cc2c3c(c1)C(C)(C)OS3(C)OC2(C)C. The van der Waals surface area contributed by atoms with Gasteiger partial charge in [0.15, 0.2) is 0 Å². The van der Waals surface area contributed by atoms with Crippen LogP contribution in [0.1, 0.15) is 65.2 Å². The Morgan fingerprint density at radius 3 is 1.65 bits per heavy atom. The van der Waals surface area contributed by atoms with Crippen molar-refractivity contribution in [1.82, 2.24) is 0 Å². The highest BCUT2D eigenvalue weighted by atomic mass is 32.3. The molecule has 0 atom stereocenters. The average Bonchev–Trinajstić information content (AvgIpc) is 2.54. The van der Waals surface area contributed by atoms with Crippen molar-refractivity contribution in [3.05, 3.63) is 28.8 Å².